The quantitative estimate of drug-likeness (QED) is 0.354. The lowest BCUT2D eigenvalue weighted by Crippen LogP contribution is -2.06. The fourth-order valence-electron chi connectivity index (χ4n) is 2.28. The van der Waals surface area contributed by atoms with Gasteiger partial charge in [-0.2, -0.15) is 23.5 Å². The molecule has 0 radical (unpaired) electrons. The van der Waals surface area contributed by atoms with Crippen LogP contribution in [0.3, 0.4) is 0 Å². The number of benzene rings is 2. The minimum Gasteiger partial charge on any atom is -0.277 e. The number of nitro groups is 1. The van der Waals surface area contributed by atoms with Crippen molar-refractivity contribution < 1.29 is 18.1 Å². The lowest BCUT2D eigenvalue weighted by molar-refractivity contribution is -0.384. The van der Waals surface area contributed by atoms with Gasteiger partial charge in [-0.3, -0.25) is 15.5 Å². The summed E-state index contributed by atoms with van der Waals surface area (Å²) in [6, 6.07) is 12.0. The minimum atomic E-state index is -4.49. The van der Waals surface area contributed by atoms with Crippen LogP contribution in [-0.2, 0) is 6.18 Å². The summed E-state index contributed by atoms with van der Waals surface area (Å²) in [5.41, 5.74) is 2.59. The van der Waals surface area contributed by atoms with E-state index in [2.05, 4.69) is 15.5 Å². The van der Waals surface area contributed by atoms with Gasteiger partial charge in [0.15, 0.2) is 10.7 Å². The van der Waals surface area contributed by atoms with Crippen molar-refractivity contribution in [2.75, 3.05) is 5.43 Å². The normalized spacial score (nSPS) is 11.7. The molecule has 0 unspecified atom stereocenters. The second-order valence-electron chi connectivity index (χ2n) is 5.60. The summed E-state index contributed by atoms with van der Waals surface area (Å²) in [6.07, 6.45) is -4.49. The van der Waals surface area contributed by atoms with Crippen LogP contribution in [-0.4, -0.2) is 15.6 Å². The molecule has 0 atom stereocenters. The van der Waals surface area contributed by atoms with Crippen LogP contribution in [0.5, 0.6) is 0 Å². The number of thiazole rings is 1. The average molecular weight is 417 g/mol. The summed E-state index contributed by atoms with van der Waals surface area (Å²) in [5, 5.41) is 25.8. The van der Waals surface area contributed by atoms with Crippen LogP contribution in [0.25, 0.3) is 11.3 Å². The number of non-ortho nitro benzene ring substituents is 1. The molecule has 146 valence electrons. The first-order valence-corrected chi connectivity index (χ1v) is 8.77. The maximum absolute atomic E-state index is 12.8. The van der Waals surface area contributed by atoms with Crippen molar-refractivity contribution in [1.82, 2.24) is 4.98 Å². The van der Waals surface area contributed by atoms with E-state index in [1.54, 1.807) is 5.38 Å². The molecule has 0 amide bonds. The maximum atomic E-state index is 12.8. The first-order valence-electron chi connectivity index (χ1n) is 7.89. The lowest BCUT2D eigenvalue weighted by atomic mass is 10.1. The highest BCUT2D eigenvalue weighted by Gasteiger charge is 2.30. The summed E-state index contributed by atoms with van der Waals surface area (Å²) < 4.78 is 38.3. The number of nitrogens with one attached hydrogen (secondary N) is 1. The van der Waals surface area contributed by atoms with Gasteiger partial charge in [-0.05, 0) is 30.3 Å². The molecule has 0 aliphatic rings. The highest BCUT2D eigenvalue weighted by atomic mass is 32.1. The minimum absolute atomic E-state index is 0.0613. The van der Waals surface area contributed by atoms with Crippen molar-refractivity contribution in [3.63, 3.8) is 0 Å². The van der Waals surface area contributed by atoms with Gasteiger partial charge in [-0.25, -0.2) is 4.98 Å². The molecule has 0 aliphatic carbocycles. The van der Waals surface area contributed by atoms with Crippen molar-refractivity contribution in [3.05, 3.63) is 74.6 Å². The van der Waals surface area contributed by atoms with E-state index < -0.39 is 16.7 Å². The van der Waals surface area contributed by atoms with Crippen LogP contribution in [0.15, 0.2) is 59.0 Å². The fraction of sp³-hybridized carbons (Fsp3) is 0.0556. The SMILES string of the molecule is N#CC(=NNc1cccc(C(F)(F)F)c1)c1nc(-c2ccc([N+](=O)[O-])cc2)cs1. The van der Waals surface area contributed by atoms with Gasteiger partial charge in [0.2, 0.25) is 0 Å². The number of aromatic nitrogens is 1. The van der Waals surface area contributed by atoms with Gasteiger partial charge >= 0.3 is 6.18 Å². The van der Waals surface area contributed by atoms with E-state index in [0.717, 1.165) is 23.5 Å². The summed E-state index contributed by atoms with van der Waals surface area (Å²) in [6.45, 7) is 0. The Bertz CT molecular complexity index is 1120. The molecule has 2 aromatic carbocycles. The molecule has 0 spiro atoms. The van der Waals surface area contributed by atoms with Crippen molar-refractivity contribution in [3.8, 4) is 17.3 Å². The average Bonchev–Trinajstić information content (AvgIpc) is 3.18. The van der Waals surface area contributed by atoms with E-state index in [4.69, 9.17) is 0 Å². The van der Waals surface area contributed by atoms with Gasteiger partial charge in [-0.1, -0.05) is 6.07 Å². The number of hydrazone groups is 1. The Morgan fingerprint density at radius 2 is 1.97 bits per heavy atom. The molecule has 3 rings (SSSR count). The first kappa shape index (κ1) is 20.0. The summed E-state index contributed by atoms with van der Waals surface area (Å²) in [7, 11) is 0. The van der Waals surface area contributed by atoms with Crippen LogP contribution in [0, 0.1) is 21.4 Å². The van der Waals surface area contributed by atoms with E-state index in [-0.39, 0.29) is 22.1 Å². The van der Waals surface area contributed by atoms with Crippen LogP contribution < -0.4 is 5.43 Å². The molecule has 1 heterocycles. The molecule has 0 bridgehead atoms. The van der Waals surface area contributed by atoms with Gasteiger partial charge < -0.3 is 0 Å². The predicted octanol–water partition coefficient (Wildman–Crippen LogP) is 5.08. The third-order valence-corrected chi connectivity index (χ3v) is 4.52. The molecule has 3 aromatic rings. The summed E-state index contributed by atoms with van der Waals surface area (Å²) in [4.78, 5) is 14.5. The number of hydrogen-bond donors (Lipinski definition) is 1. The molecule has 0 saturated heterocycles. The zero-order chi connectivity index (χ0) is 21.0. The third kappa shape index (κ3) is 4.74. The van der Waals surface area contributed by atoms with Crippen LogP contribution >= 0.6 is 11.3 Å². The van der Waals surface area contributed by atoms with Crippen LogP contribution in [0.1, 0.15) is 10.6 Å². The second-order valence-corrected chi connectivity index (χ2v) is 6.46. The van der Waals surface area contributed by atoms with Gasteiger partial charge in [0, 0.05) is 23.1 Å². The van der Waals surface area contributed by atoms with Crippen molar-refractivity contribution in [1.29, 1.82) is 5.26 Å². The Morgan fingerprint density at radius 1 is 1.24 bits per heavy atom. The lowest BCUT2D eigenvalue weighted by Gasteiger charge is -2.08. The molecule has 0 fully saturated rings. The Labute approximate surface area is 165 Å². The molecule has 0 saturated carbocycles. The second kappa shape index (κ2) is 8.07. The molecular formula is C18H10F3N5O2S. The highest BCUT2D eigenvalue weighted by Crippen LogP contribution is 2.30. The zero-order valence-corrected chi connectivity index (χ0v) is 15.2. The standard InChI is InChI=1S/C18H10F3N5O2S/c19-18(20,21)12-2-1-3-13(8-12)24-25-15(9-22)17-23-16(10-29-17)11-4-6-14(7-5-11)26(27)28/h1-8,10,24H. The smallest absolute Gasteiger partial charge is 0.277 e. The zero-order valence-electron chi connectivity index (χ0n) is 14.3. The van der Waals surface area contributed by atoms with Gasteiger partial charge in [0.1, 0.15) is 6.07 Å². The molecule has 1 aromatic heterocycles. The number of anilines is 1. The molecule has 7 nitrogen and oxygen atoms in total. The Kier molecular flexibility index (Phi) is 5.56. The number of nitriles is 1. The molecule has 1 N–H and O–H groups in total. The van der Waals surface area contributed by atoms with E-state index in [9.17, 15) is 28.5 Å². The van der Waals surface area contributed by atoms with Gasteiger partial charge in [0.25, 0.3) is 5.69 Å². The summed E-state index contributed by atoms with van der Waals surface area (Å²) in [5.74, 6) is 0. The maximum Gasteiger partial charge on any atom is 0.416 e. The molecular weight excluding hydrogens is 407 g/mol. The number of alkyl halides is 3. The number of halogens is 3. The van der Waals surface area contributed by atoms with Gasteiger partial charge in [-0.15, -0.1) is 11.3 Å². The number of nitro benzene ring substituents is 1. The van der Waals surface area contributed by atoms with Gasteiger partial charge in [0.05, 0.1) is 21.9 Å². The van der Waals surface area contributed by atoms with Crippen molar-refractivity contribution in [2.24, 2.45) is 5.10 Å². The van der Waals surface area contributed by atoms with E-state index in [1.165, 1.54) is 36.4 Å². The number of nitrogens with zero attached hydrogens (tertiary/aromatic N) is 4. The Hall–Kier alpha value is -3.78. The number of hydrogen-bond acceptors (Lipinski definition) is 7. The van der Waals surface area contributed by atoms with Crippen LogP contribution in [0.4, 0.5) is 24.5 Å². The molecule has 29 heavy (non-hydrogen) atoms. The largest absolute Gasteiger partial charge is 0.416 e. The van der Waals surface area contributed by atoms with Crippen molar-refractivity contribution in [2.45, 2.75) is 6.18 Å². The Morgan fingerprint density at radius 3 is 2.59 bits per heavy atom. The highest BCUT2D eigenvalue weighted by molar-refractivity contribution is 7.12. The predicted molar refractivity (Wildman–Crippen MR) is 101 cm³/mol. The third-order valence-electron chi connectivity index (χ3n) is 3.67. The monoisotopic (exact) mass is 417 g/mol. The first-order chi connectivity index (χ1) is 13.8. The summed E-state index contributed by atoms with van der Waals surface area (Å²) >= 11 is 1.11. The molecule has 11 heteroatoms. The van der Waals surface area contributed by atoms with E-state index in [0.29, 0.717) is 11.3 Å². The number of rotatable bonds is 5. The fourth-order valence-corrected chi connectivity index (χ4v) is 3.04. The molecule has 0 aliphatic heterocycles. The van der Waals surface area contributed by atoms with Crippen molar-refractivity contribution >= 4 is 28.4 Å². The topological polar surface area (TPSA) is 104 Å². The van der Waals surface area contributed by atoms with E-state index in [1.807, 2.05) is 6.07 Å². The van der Waals surface area contributed by atoms with Crippen LogP contribution in [0.2, 0.25) is 0 Å². The Balaban J connectivity index is 1.81. The van der Waals surface area contributed by atoms with E-state index >= 15 is 0 Å².